The van der Waals surface area contributed by atoms with Crippen molar-refractivity contribution < 1.29 is 23.1 Å². The van der Waals surface area contributed by atoms with Crippen molar-refractivity contribution >= 4 is 17.6 Å². The molecule has 2 atom stereocenters. The number of amides is 2. The van der Waals surface area contributed by atoms with Crippen molar-refractivity contribution in [3.63, 3.8) is 0 Å². The lowest BCUT2D eigenvalue weighted by atomic mass is 9.89. The number of carbonyl (C=O) groups is 2. The van der Waals surface area contributed by atoms with Gasteiger partial charge in [-0.2, -0.15) is 10.1 Å². The molecule has 3 aliphatic heterocycles. The minimum absolute atomic E-state index is 0.172. The standard InChI is InChI=1S/C22H20F2N6O3/c23-14-9-13(10-15(24)11-14)17-1-2-18-30(17)20(32)22(33-18)4-7-28(8-5-22)19(31)16-3-6-29-21(27-16)25-12-26-29/h3,6,9-12,17-18H,1-2,4-5,7-8H2. The van der Waals surface area contributed by atoms with Gasteiger partial charge in [-0.1, -0.05) is 0 Å². The molecule has 2 unspecified atom stereocenters. The number of ether oxygens (including phenoxy) is 1. The first kappa shape index (κ1) is 20.2. The number of benzene rings is 1. The van der Waals surface area contributed by atoms with E-state index in [1.807, 2.05) is 0 Å². The molecule has 1 aromatic carbocycles. The van der Waals surface area contributed by atoms with Gasteiger partial charge in [0.15, 0.2) is 5.60 Å². The van der Waals surface area contributed by atoms with Gasteiger partial charge in [0.2, 0.25) is 0 Å². The highest BCUT2D eigenvalue weighted by molar-refractivity contribution is 5.93. The molecule has 3 aliphatic rings. The Hall–Kier alpha value is -3.47. The zero-order chi connectivity index (χ0) is 22.7. The fourth-order valence-corrected chi connectivity index (χ4v) is 5.21. The lowest BCUT2D eigenvalue weighted by Gasteiger charge is -2.37. The van der Waals surface area contributed by atoms with E-state index in [2.05, 4.69) is 15.1 Å². The molecule has 6 rings (SSSR count). The lowest BCUT2D eigenvalue weighted by Crippen LogP contribution is -2.51. The molecule has 0 N–H and O–H groups in total. The molecule has 5 heterocycles. The Morgan fingerprint density at radius 1 is 1.12 bits per heavy atom. The van der Waals surface area contributed by atoms with Crippen LogP contribution in [0.15, 0.2) is 36.8 Å². The van der Waals surface area contributed by atoms with E-state index in [-0.39, 0.29) is 17.5 Å². The third kappa shape index (κ3) is 3.17. The van der Waals surface area contributed by atoms with Gasteiger partial charge < -0.3 is 14.5 Å². The van der Waals surface area contributed by atoms with E-state index >= 15 is 0 Å². The first-order valence-corrected chi connectivity index (χ1v) is 10.9. The van der Waals surface area contributed by atoms with Crippen molar-refractivity contribution in [3.8, 4) is 0 Å². The van der Waals surface area contributed by atoms with Crippen LogP contribution in [0.3, 0.4) is 0 Å². The molecule has 33 heavy (non-hydrogen) atoms. The van der Waals surface area contributed by atoms with Crippen LogP contribution in [0.5, 0.6) is 0 Å². The molecule has 9 nitrogen and oxygen atoms in total. The maximum atomic E-state index is 13.8. The number of likely N-dealkylation sites (tertiary alicyclic amines) is 1. The lowest BCUT2D eigenvalue weighted by molar-refractivity contribution is -0.142. The molecule has 2 aromatic heterocycles. The first-order valence-electron chi connectivity index (χ1n) is 10.9. The summed E-state index contributed by atoms with van der Waals surface area (Å²) in [6.45, 7) is 0.674. The summed E-state index contributed by atoms with van der Waals surface area (Å²) in [5, 5.41) is 3.97. The van der Waals surface area contributed by atoms with Gasteiger partial charge in [0.25, 0.3) is 17.6 Å². The predicted molar refractivity (Wildman–Crippen MR) is 109 cm³/mol. The molecule has 0 radical (unpaired) electrons. The van der Waals surface area contributed by atoms with E-state index < -0.39 is 29.5 Å². The Morgan fingerprint density at radius 3 is 2.64 bits per heavy atom. The van der Waals surface area contributed by atoms with Crippen LogP contribution in [0, 0.1) is 11.6 Å². The highest BCUT2D eigenvalue weighted by atomic mass is 19.1. The van der Waals surface area contributed by atoms with Crippen LogP contribution >= 0.6 is 0 Å². The third-order valence-corrected chi connectivity index (χ3v) is 6.81. The molecule has 0 bridgehead atoms. The molecule has 0 saturated carbocycles. The fraction of sp³-hybridized carbons (Fsp3) is 0.409. The Balaban J connectivity index is 1.18. The third-order valence-electron chi connectivity index (χ3n) is 6.81. The maximum Gasteiger partial charge on any atom is 0.272 e. The van der Waals surface area contributed by atoms with Crippen molar-refractivity contribution in [2.24, 2.45) is 0 Å². The van der Waals surface area contributed by atoms with Gasteiger partial charge in [0, 0.05) is 38.2 Å². The van der Waals surface area contributed by atoms with Crippen molar-refractivity contribution in [1.82, 2.24) is 29.4 Å². The van der Waals surface area contributed by atoms with Crippen molar-refractivity contribution in [2.45, 2.75) is 43.6 Å². The average molecular weight is 454 g/mol. The summed E-state index contributed by atoms with van der Waals surface area (Å²) >= 11 is 0. The number of carbonyl (C=O) groups excluding carboxylic acids is 2. The molecule has 0 aliphatic carbocycles. The summed E-state index contributed by atoms with van der Waals surface area (Å²) in [7, 11) is 0. The minimum Gasteiger partial charge on any atom is -0.342 e. The van der Waals surface area contributed by atoms with Crippen molar-refractivity contribution in [3.05, 3.63) is 59.7 Å². The summed E-state index contributed by atoms with van der Waals surface area (Å²) < 4.78 is 35.2. The summed E-state index contributed by atoms with van der Waals surface area (Å²) in [5.41, 5.74) is -0.318. The molecule has 1 spiro atoms. The van der Waals surface area contributed by atoms with E-state index in [1.54, 1.807) is 22.1 Å². The predicted octanol–water partition coefficient (Wildman–Crippen LogP) is 2.10. The number of hydrogen-bond donors (Lipinski definition) is 0. The van der Waals surface area contributed by atoms with Gasteiger partial charge >= 0.3 is 0 Å². The largest absolute Gasteiger partial charge is 0.342 e. The SMILES string of the molecule is O=C(c1ccn2ncnc2n1)N1CCC2(CC1)OC1CCC(c3cc(F)cc(F)c3)N1C2=O. The molecule has 3 fully saturated rings. The topological polar surface area (TPSA) is 92.9 Å². The maximum absolute atomic E-state index is 13.8. The molecule has 11 heteroatoms. The van der Waals surface area contributed by atoms with Crippen LogP contribution in [0.25, 0.3) is 5.78 Å². The highest BCUT2D eigenvalue weighted by Gasteiger charge is 2.58. The van der Waals surface area contributed by atoms with Crippen LogP contribution in [-0.4, -0.2) is 66.1 Å². The molecular weight excluding hydrogens is 434 g/mol. The van der Waals surface area contributed by atoms with Crippen LogP contribution in [0.1, 0.15) is 47.8 Å². The van der Waals surface area contributed by atoms with Gasteiger partial charge in [-0.15, -0.1) is 0 Å². The Morgan fingerprint density at radius 2 is 1.88 bits per heavy atom. The molecule has 3 saturated heterocycles. The first-order chi connectivity index (χ1) is 15.9. The molecule has 170 valence electrons. The van der Waals surface area contributed by atoms with Crippen molar-refractivity contribution in [2.75, 3.05) is 13.1 Å². The molecule has 3 aromatic rings. The van der Waals surface area contributed by atoms with Crippen LogP contribution < -0.4 is 0 Å². The van der Waals surface area contributed by atoms with Crippen molar-refractivity contribution in [1.29, 1.82) is 0 Å². The smallest absolute Gasteiger partial charge is 0.272 e. The van der Waals surface area contributed by atoms with E-state index in [4.69, 9.17) is 4.74 Å². The number of hydrogen-bond acceptors (Lipinski definition) is 6. The number of rotatable bonds is 2. The second kappa shape index (κ2) is 7.27. The second-order valence-corrected chi connectivity index (χ2v) is 8.68. The van der Waals surface area contributed by atoms with E-state index in [0.717, 1.165) is 6.07 Å². The minimum atomic E-state index is -1.02. The normalized spacial score (nSPS) is 24.1. The molecule has 2 amide bonds. The average Bonchev–Trinajstić information content (AvgIpc) is 3.49. The van der Waals surface area contributed by atoms with Crippen LogP contribution in [0.4, 0.5) is 8.78 Å². The summed E-state index contributed by atoms with van der Waals surface area (Å²) in [6, 6.07) is 4.53. The fourth-order valence-electron chi connectivity index (χ4n) is 5.21. The second-order valence-electron chi connectivity index (χ2n) is 8.68. The zero-order valence-electron chi connectivity index (χ0n) is 17.5. The summed E-state index contributed by atoms with van der Waals surface area (Å²) in [6.07, 6.45) is 4.44. The Kier molecular flexibility index (Phi) is 4.44. The Labute approximate surface area is 187 Å². The number of halogens is 2. The van der Waals surface area contributed by atoms with E-state index in [9.17, 15) is 18.4 Å². The van der Waals surface area contributed by atoms with Gasteiger partial charge in [0.05, 0.1) is 6.04 Å². The summed E-state index contributed by atoms with van der Waals surface area (Å²) in [4.78, 5) is 37.9. The van der Waals surface area contributed by atoms with Gasteiger partial charge in [-0.3, -0.25) is 9.59 Å². The van der Waals surface area contributed by atoms with Gasteiger partial charge in [-0.05, 0) is 36.6 Å². The number of fused-ring (bicyclic) bond motifs is 2. The number of aromatic nitrogens is 4. The van der Waals surface area contributed by atoms with Crippen LogP contribution in [0.2, 0.25) is 0 Å². The van der Waals surface area contributed by atoms with Crippen LogP contribution in [-0.2, 0) is 9.53 Å². The quantitative estimate of drug-likeness (QED) is 0.589. The van der Waals surface area contributed by atoms with E-state index in [0.29, 0.717) is 50.1 Å². The number of piperidine rings is 1. The van der Waals surface area contributed by atoms with Gasteiger partial charge in [0.1, 0.15) is 29.9 Å². The molecular formula is C22H20F2N6O3. The van der Waals surface area contributed by atoms with Gasteiger partial charge in [-0.25, -0.2) is 18.3 Å². The monoisotopic (exact) mass is 454 g/mol. The Bertz CT molecular complexity index is 1250. The number of nitrogens with zero attached hydrogens (tertiary/aromatic N) is 6. The highest BCUT2D eigenvalue weighted by Crippen LogP contribution is 2.47. The van der Waals surface area contributed by atoms with E-state index in [1.165, 1.54) is 23.0 Å². The zero-order valence-corrected chi connectivity index (χ0v) is 17.5. The summed E-state index contributed by atoms with van der Waals surface area (Å²) in [5.74, 6) is -1.41.